The van der Waals surface area contributed by atoms with Crippen molar-refractivity contribution in [1.82, 2.24) is 9.47 Å². The van der Waals surface area contributed by atoms with E-state index in [2.05, 4.69) is 27.4 Å². The van der Waals surface area contributed by atoms with E-state index in [1.807, 2.05) is 6.07 Å². The van der Waals surface area contributed by atoms with Gasteiger partial charge >= 0.3 is 6.18 Å². The maximum atomic E-state index is 13.6. The van der Waals surface area contributed by atoms with Gasteiger partial charge in [0.1, 0.15) is 12.3 Å². The van der Waals surface area contributed by atoms with Gasteiger partial charge in [0.25, 0.3) is 0 Å². The molecule has 2 N–H and O–H groups in total. The van der Waals surface area contributed by atoms with E-state index in [0.717, 1.165) is 68.8 Å². The van der Waals surface area contributed by atoms with E-state index in [1.165, 1.54) is 23.8 Å². The highest BCUT2D eigenvalue weighted by Gasteiger charge is 2.30. The summed E-state index contributed by atoms with van der Waals surface area (Å²) in [5, 5.41) is 7.25. The van der Waals surface area contributed by atoms with Gasteiger partial charge in [0, 0.05) is 71.4 Å². The predicted molar refractivity (Wildman–Crippen MR) is 173 cm³/mol. The fourth-order valence-electron chi connectivity index (χ4n) is 6.20. The first kappa shape index (κ1) is 33.2. The van der Waals surface area contributed by atoms with Gasteiger partial charge in [0.15, 0.2) is 9.84 Å². The molecule has 0 spiro atoms. The number of methoxy groups -OCH3 is 1. The molecular weight excluding hydrogens is 626 g/mol. The molecule has 45 heavy (non-hydrogen) atoms. The zero-order chi connectivity index (χ0) is 32.2. The SMILES string of the molecule is COc1cc(S(C)(=O)=O)ccc1NCC#Cc1cc2c(NCC3CCC(N4CCS(=O)CC4)CC3)cccc2n1CC(F)(F)F. The van der Waals surface area contributed by atoms with Gasteiger partial charge in [-0.05, 0) is 67.9 Å². The Labute approximate surface area is 265 Å². The lowest BCUT2D eigenvalue weighted by Crippen LogP contribution is -2.46. The van der Waals surface area contributed by atoms with Crippen LogP contribution in [0.3, 0.4) is 0 Å². The van der Waals surface area contributed by atoms with Crippen molar-refractivity contribution in [2.24, 2.45) is 5.92 Å². The fraction of sp³-hybridized carbons (Fsp3) is 0.500. The van der Waals surface area contributed by atoms with Gasteiger partial charge < -0.3 is 19.9 Å². The number of anilines is 2. The number of nitrogens with one attached hydrogen (secondary N) is 2. The molecule has 244 valence electrons. The Hall–Kier alpha value is -3.21. The van der Waals surface area contributed by atoms with Crippen LogP contribution in [0.1, 0.15) is 31.4 Å². The molecule has 1 aromatic heterocycles. The normalized spacial score (nSPS) is 20.0. The molecule has 2 heterocycles. The van der Waals surface area contributed by atoms with Gasteiger partial charge in [0.2, 0.25) is 0 Å². The summed E-state index contributed by atoms with van der Waals surface area (Å²) in [6.07, 6.45) is 1.04. The number of aromatic nitrogens is 1. The zero-order valence-electron chi connectivity index (χ0n) is 25.5. The maximum absolute atomic E-state index is 13.6. The van der Waals surface area contributed by atoms with Crippen LogP contribution in [0.15, 0.2) is 47.4 Å². The second kappa shape index (κ2) is 14.1. The molecule has 0 amide bonds. The van der Waals surface area contributed by atoms with E-state index in [-0.39, 0.29) is 17.1 Å². The molecule has 0 bridgehead atoms. The van der Waals surface area contributed by atoms with Gasteiger partial charge in [-0.25, -0.2) is 8.42 Å². The predicted octanol–water partition coefficient (Wildman–Crippen LogP) is 5.11. The Kier molecular flexibility index (Phi) is 10.4. The van der Waals surface area contributed by atoms with Crippen LogP contribution in [-0.4, -0.2) is 85.4 Å². The molecule has 2 aromatic carbocycles. The first-order chi connectivity index (χ1) is 21.4. The molecule has 3 aromatic rings. The summed E-state index contributed by atoms with van der Waals surface area (Å²) in [6, 6.07) is 12.0. The quantitative estimate of drug-likeness (QED) is 0.307. The number of halogens is 3. The molecule has 2 aliphatic rings. The van der Waals surface area contributed by atoms with E-state index in [9.17, 15) is 25.8 Å². The highest BCUT2D eigenvalue weighted by molar-refractivity contribution is 7.90. The Morgan fingerprint density at radius 2 is 1.76 bits per heavy atom. The Morgan fingerprint density at radius 1 is 1.02 bits per heavy atom. The van der Waals surface area contributed by atoms with Crippen LogP contribution in [0.5, 0.6) is 5.75 Å². The van der Waals surface area contributed by atoms with E-state index >= 15 is 0 Å². The second-order valence-electron chi connectivity index (χ2n) is 11.7. The molecule has 1 aliphatic carbocycles. The molecule has 0 radical (unpaired) electrons. The summed E-state index contributed by atoms with van der Waals surface area (Å²) in [5.41, 5.74) is 2.01. The molecule has 5 rings (SSSR count). The van der Waals surface area contributed by atoms with Gasteiger partial charge in [0.05, 0.1) is 35.4 Å². The summed E-state index contributed by atoms with van der Waals surface area (Å²) in [6.45, 7) is 1.50. The third-order valence-corrected chi connectivity index (χ3v) is 11.0. The minimum Gasteiger partial charge on any atom is -0.495 e. The van der Waals surface area contributed by atoms with E-state index in [4.69, 9.17) is 4.74 Å². The number of sulfone groups is 1. The molecular formula is C32H39F3N4O4S2. The van der Waals surface area contributed by atoms with Crippen LogP contribution in [-0.2, 0) is 27.2 Å². The molecule has 0 unspecified atom stereocenters. The van der Waals surface area contributed by atoms with Crippen LogP contribution in [0.2, 0.25) is 0 Å². The highest BCUT2D eigenvalue weighted by atomic mass is 32.2. The fourth-order valence-corrected chi connectivity index (χ4v) is 7.92. The lowest BCUT2D eigenvalue weighted by Gasteiger charge is -2.38. The number of ether oxygens (including phenoxy) is 1. The number of alkyl halides is 3. The minimum atomic E-state index is -4.43. The van der Waals surface area contributed by atoms with Crippen molar-refractivity contribution in [2.75, 3.05) is 61.7 Å². The average molecular weight is 665 g/mol. The zero-order valence-corrected chi connectivity index (χ0v) is 27.1. The van der Waals surface area contributed by atoms with Crippen LogP contribution in [0, 0.1) is 17.8 Å². The van der Waals surface area contributed by atoms with Crippen molar-refractivity contribution in [2.45, 2.75) is 49.3 Å². The number of hydrogen-bond acceptors (Lipinski definition) is 7. The lowest BCUT2D eigenvalue weighted by molar-refractivity contribution is -0.140. The number of hydrogen-bond donors (Lipinski definition) is 2. The van der Waals surface area contributed by atoms with E-state index < -0.39 is 33.4 Å². The molecule has 0 atom stereocenters. The average Bonchev–Trinajstić information content (AvgIpc) is 3.34. The molecule has 1 saturated heterocycles. The van der Waals surface area contributed by atoms with Crippen molar-refractivity contribution in [3.05, 3.63) is 48.2 Å². The standard InChI is InChI=1S/C32H39F3N4O4S2/c1-43-31-20-26(45(2,41)42)12-13-29(31)36-14-4-5-25-19-27-28(6-3-7-30(27)39(25)22-32(33,34)35)37-21-23-8-10-24(11-9-23)38-15-17-44(40)18-16-38/h3,6-7,12-13,19-20,23-24,36-37H,8-11,14-18,21-22H2,1-2H3. The Balaban J connectivity index is 1.27. The monoisotopic (exact) mass is 664 g/mol. The molecule has 1 aliphatic heterocycles. The van der Waals surface area contributed by atoms with E-state index in [0.29, 0.717) is 34.3 Å². The van der Waals surface area contributed by atoms with Crippen molar-refractivity contribution >= 4 is 42.9 Å². The van der Waals surface area contributed by atoms with Crippen molar-refractivity contribution in [3.8, 4) is 17.6 Å². The third kappa shape index (κ3) is 8.54. The smallest absolute Gasteiger partial charge is 0.406 e. The molecule has 8 nitrogen and oxygen atoms in total. The first-order valence-corrected chi connectivity index (χ1v) is 18.4. The van der Waals surface area contributed by atoms with Gasteiger partial charge in [-0.3, -0.25) is 9.11 Å². The lowest BCUT2D eigenvalue weighted by atomic mass is 9.85. The molecule has 13 heteroatoms. The van der Waals surface area contributed by atoms with Crippen molar-refractivity contribution in [1.29, 1.82) is 0 Å². The first-order valence-electron chi connectivity index (χ1n) is 15.0. The maximum Gasteiger partial charge on any atom is 0.406 e. The van der Waals surface area contributed by atoms with Crippen molar-refractivity contribution < 1.29 is 30.5 Å². The van der Waals surface area contributed by atoms with Crippen LogP contribution >= 0.6 is 0 Å². The van der Waals surface area contributed by atoms with Crippen LogP contribution < -0.4 is 15.4 Å². The number of rotatable bonds is 9. The highest BCUT2D eigenvalue weighted by Crippen LogP contribution is 2.33. The number of nitrogens with zero attached hydrogens (tertiary/aromatic N) is 2. The summed E-state index contributed by atoms with van der Waals surface area (Å²) in [4.78, 5) is 2.60. The second-order valence-corrected chi connectivity index (χ2v) is 15.4. The summed E-state index contributed by atoms with van der Waals surface area (Å²) < 4.78 is 82.9. The summed E-state index contributed by atoms with van der Waals surface area (Å²) >= 11 is 0. The van der Waals surface area contributed by atoms with Crippen molar-refractivity contribution in [3.63, 3.8) is 0 Å². The third-order valence-electron chi connectivity index (χ3n) is 8.59. The minimum absolute atomic E-state index is 0.102. The number of fused-ring (bicyclic) bond motifs is 1. The Morgan fingerprint density at radius 3 is 2.42 bits per heavy atom. The number of benzene rings is 2. The topological polar surface area (TPSA) is 92.7 Å². The summed E-state index contributed by atoms with van der Waals surface area (Å²) in [5.74, 6) is 8.12. The summed E-state index contributed by atoms with van der Waals surface area (Å²) in [7, 11) is -2.67. The Bertz CT molecular complexity index is 1690. The van der Waals surface area contributed by atoms with Gasteiger partial charge in [-0.1, -0.05) is 12.0 Å². The molecule has 1 saturated carbocycles. The molecule has 2 fully saturated rings. The van der Waals surface area contributed by atoms with Crippen LogP contribution in [0.4, 0.5) is 24.5 Å². The van der Waals surface area contributed by atoms with Gasteiger partial charge in [-0.2, -0.15) is 13.2 Å². The van der Waals surface area contributed by atoms with Crippen LogP contribution in [0.25, 0.3) is 10.9 Å². The van der Waals surface area contributed by atoms with Gasteiger partial charge in [-0.15, -0.1) is 0 Å². The van der Waals surface area contributed by atoms with E-state index in [1.54, 1.807) is 24.3 Å². The largest absolute Gasteiger partial charge is 0.495 e.